The molecule has 0 fully saturated rings. The molecule has 0 saturated carbocycles. The average molecular weight is 296 g/mol. The second-order valence-corrected chi connectivity index (χ2v) is 4.13. The molecule has 1 unspecified atom stereocenters. The van der Waals surface area contributed by atoms with Gasteiger partial charge < -0.3 is 4.74 Å². The van der Waals surface area contributed by atoms with Crippen LogP contribution in [0.15, 0.2) is 18.2 Å². The van der Waals surface area contributed by atoms with E-state index in [0.717, 1.165) is 6.07 Å². The van der Waals surface area contributed by atoms with E-state index in [0.29, 0.717) is 5.02 Å². The molecular weight excluding hydrogens is 286 g/mol. The van der Waals surface area contributed by atoms with Crippen LogP contribution in [0.2, 0.25) is 5.02 Å². The zero-order valence-electron chi connectivity index (χ0n) is 7.97. The summed E-state index contributed by atoms with van der Waals surface area (Å²) in [6.45, 7) is 1.95. The third-order valence-corrected chi connectivity index (χ3v) is 2.83. The summed E-state index contributed by atoms with van der Waals surface area (Å²) in [4.78, 5) is 10.5. The average Bonchev–Trinajstić information content (AvgIpc) is 2.17. The quantitative estimate of drug-likeness (QED) is 0.630. The van der Waals surface area contributed by atoms with Crippen molar-refractivity contribution in [1.29, 1.82) is 0 Å². The summed E-state index contributed by atoms with van der Waals surface area (Å²) in [7, 11) is 0. The first-order chi connectivity index (χ1) is 7.06. The molecule has 5 heteroatoms. The Kier molecular flexibility index (Phi) is 4.54. The fraction of sp³-hybridized carbons (Fsp3) is 0.300. The molecule has 0 spiro atoms. The van der Waals surface area contributed by atoms with Gasteiger partial charge in [0, 0.05) is 10.6 Å². The second-order valence-electron chi connectivity index (χ2n) is 2.78. The molecule has 2 nitrogen and oxygen atoms in total. The number of esters is 1. The minimum atomic E-state index is -0.797. The topological polar surface area (TPSA) is 26.3 Å². The van der Waals surface area contributed by atoms with E-state index >= 15 is 0 Å². The fourth-order valence-electron chi connectivity index (χ4n) is 1.05. The molecule has 0 N–H and O–H groups in total. The smallest absolute Gasteiger partial charge is 0.324 e. The molecule has 0 heterocycles. The zero-order valence-corrected chi connectivity index (χ0v) is 10.3. The predicted octanol–water partition coefficient (Wildman–Crippen LogP) is 3.48. The molecular formula is C10H9BrClFO2. The van der Waals surface area contributed by atoms with Gasteiger partial charge in [-0.25, -0.2) is 4.39 Å². The normalized spacial score (nSPS) is 12.3. The van der Waals surface area contributed by atoms with E-state index in [1.165, 1.54) is 12.1 Å². The number of benzene rings is 1. The summed E-state index contributed by atoms with van der Waals surface area (Å²) in [6.07, 6.45) is 0. The third kappa shape index (κ3) is 3.18. The Labute approximate surface area is 101 Å². The van der Waals surface area contributed by atoms with Gasteiger partial charge >= 0.3 is 5.97 Å². The molecule has 1 aromatic carbocycles. The molecule has 0 saturated heterocycles. The molecule has 0 bridgehead atoms. The molecule has 82 valence electrons. The second kappa shape index (κ2) is 5.47. The van der Waals surface area contributed by atoms with Crippen molar-refractivity contribution in [3.63, 3.8) is 0 Å². The van der Waals surface area contributed by atoms with Gasteiger partial charge in [0.2, 0.25) is 0 Å². The van der Waals surface area contributed by atoms with Crippen LogP contribution in [0.4, 0.5) is 4.39 Å². The molecule has 15 heavy (non-hydrogen) atoms. The van der Waals surface area contributed by atoms with Crippen molar-refractivity contribution in [3.8, 4) is 0 Å². The number of halogens is 3. The summed E-state index contributed by atoms with van der Waals surface area (Å²) in [5.41, 5.74) is 0.220. The summed E-state index contributed by atoms with van der Waals surface area (Å²) in [5, 5.41) is 0.291. The van der Waals surface area contributed by atoms with Crippen molar-refractivity contribution in [3.05, 3.63) is 34.6 Å². The molecule has 0 aliphatic heterocycles. The van der Waals surface area contributed by atoms with Gasteiger partial charge in [-0.3, -0.25) is 4.79 Å². The van der Waals surface area contributed by atoms with Gasteiger partial charge in [0.1, 0.15) is 10.6 Å². The first-order valence-corrected chi connectivity index (χ1v) is 5.61. The third-order valence-electron chi connectivity index (χ3n) is 1.73. The van der Waals surface area contributed by atoms with Gasteiger partial charge in [0.15, 0.2) is 0 Å². The maximum atomic E-state index is 13.4. The van der Waals surface area contributed by atoms with Crippen LogP contribution in [-0.4, -0.2) is 12.6 Å². The maximum Gasteiger partial charge on any atom is 0.324 e. The van der Waals surface area contributed by atoms with Crippen LogP contribution in [0.5, 0.6) is 0 Å². The van der Waals surface area contributed by atoms with Crippen LogP contribution in [-0.2, 0) is 9.53 Å². The van der Waals surface area contributed by atoms with Crippen LogP contribution < -0.4 is 0 Å². The Morgan fingerprint density at radius 2 is 2.33 bits per heavy atom. The van der Waals surface area contributed by atoms with Gasteiger partial charge in [-0.05, 0) is 19.1 Å². The van der Waals surface area contributed by atoms with Gasteiger partial charge in [-0.2, -0.15) is 0 Å². The Hall–Kier alpha value is -0.610. The SMILES string of the molecule is CCOC(=O)C(Br)c1ccc(Cl)cc1F. The van der Waals surface area contributed by atoms with E-state index in [-0.39, 0.29) is 12.2 Å². The molecule has 0 aliphatic rings. The minimum Gasteiger partial charge on any atom is -0.465 e. The molecule has 1 aromatic rings. The fourth-order valence-corrected chi connectivity index (χ4v) is 1.71. The Bertz CT molecular complexity index is 370. The number of hydrogen-bond donors (Lipinski definition) is 0. The van der Waals surface area contributed by atoms with Crippen molar-refractivity contribution in [2.45, 2.75) is 11.8 Å². The molecule has 1 rings (SSSR count). The van der Waals surface area contributed by atoms with E-state index in [2.05, 4.69) is 15.9 Å². The van der Waals surface area contributed by atoms with Crippen LogP contribution in [0.25, 0.3) is 0 Å². The molecule has 0 amide bonds. The first kappa shape index (κ1) is 12.5. The largest absolute Gasteiger partial charge is 0.465 e. The number of rotatable bonds is 3. The molecule has 1 atom stereocenters. The van der Waals surface area contributed by atoms with Crippen LogP contribution in [0.3, 0.4) is 0 Å². The lowest BCUT2D eigenvalue weighted by atomic mass is 10.1. The highest BCUT2D eigenvalue weighted by atomic mass is 79.9. The number of alkyl halides is 1. The Morgan fingerprint density at radius 3 is 2.87 bits per heavy atom. The first-order valence-electron chi connectivity index (χ1n) is 4.32. The highest BCUT2D eigenvalue weighted by Crippen LogP contribution is 2.28. The predicted molar refractivity (Wildman–Crippen MR) is 59.7 cm³/mol. The molecule has 0 radical (unpaired) electrons. The van der Waals surface area contributed by atoms with Crippen molar-refractivity contribution in [2.24, 2.45) is 0 Å². The Morgan fingerprint density at radius 1 is 1.67 bits per heavy atom. The van der Waals surface area contributed by atoms with Gasteiger partial charge in [-0.1, -0.05) is 33.6 Å². The molecule has 0 aliphatic carbocycles. The summed E-state index contributed by atoms with van der Waals surface area (Å²) in [6, 6.07) is 4.13. The van der Waals surface area contributed by atoms with Crippen molar-refractivity contribution < 1.29 is 13.9 Å². The van der Waals surface area contributed by atoms with Gasteiger partial charge in [0.25, 0.3) is 0 Å². The summed E-state index contributed by atoms with van der Waals surface area (Å²) in [5.74, 6) is -1.05. The lowest BCUT2D eigenvalue weighted by Gasteiger charge is -2.10. The van der Waals surface area contributed by atoms with Crippen molar-refractivity contribution in [1.82, 2.24) is 0 Å². The number of carbonyl (C=O) groups is 1. The van der Waals surface area contributed by atoms with Gasteiger partial charge in [-0.15, -0.1) is 0 Å². The van der Waals surface area contributed by atoms with Crippen LogP contribution >= 0.6 is 27.5 Å². The van der Waals surface area contributed by atoms with E-state index in [4.69, 9.17) is 16.3 Å². The number of carbonyl (C=O) groups excluding carboxylic acids is 1. The van der Waals surface area contributed by atoms with Crippen molar-refractivity contribution >= 4 is 33.5 Å². The van der Waals surface area contributed by atoms with Crippen molar-refractivity contribution in [2.75, 3.05) is 6.61 Å². The lowest BCUT2D eigenvalue weighted by Crippen LogP contribution is -2.11. The van der Waals surface area contributed by atoms with E-state index in [9.17, 15) is 9.18 Å². The summed E-state index contributed by atoms with van der Waals surface area (Å²) >= 11 is 8.66. The van der Waals surface area contributed by atoms with Crippen LogP contribution in [0.1, 0.15) is 17.3 Å². The minimum absolute atomic E-state index is 0.220. The summed E-state index contributed by atoms with van der Waals surface area (Å²) < 4.78 is 18.1. The number of ether oxygens (including phenoxy) is 1. The Balaban J connectivity index is 2.91. The standard InChI is InChI=1S/C10H9BrClFO2/c1-2-15-10(14)9(11)7-4-3-6(12)5-8(7)13/h3-5,9H,2H2,1H3. The maximum absolute atomic E-state index is 13.4. The van der Waals surface area contributed by atoms with E-state index in [1.54, 1.807) is 6.92 Å². The monoisotopic (exact) mass is 294 g/mol. The highest BCUT2D eigenvalue weighted by molar-refractivity contribution is 9.09. The number of hydrogen-bond acceptors (Lipinski definition) is 2. The van der Waals surface area contributed by atoms with Crippen LogP contribution in [0, 0.1) is 5.82 Å². The highest BCUT2D eigenvalue weighted by Gasteiger charge is 2.21. The van der Waals surface area contributed by atoms with E-state index in [1.807, 2.05) is 0 Å². The molecule has 0 aromatic heterocycles. The van der Waals surface area contributed by atoms with E-state index < -0.39 is 16.6 Å². The zero-order chi connectivity index (χ0) is 11.4. The lowest BCUT2D eigenvalue weighted by molar-refractivity contribution is -0.142. The van der Waals surface area contributed by atoms with Gasteiger partial charge in [0.05, 0.1) is 6.61 Å².